The number of hydrogen-bond acceptors (Lipinski definition) is 4. The molecule has 0 spiro atoms. The molecule has 0 amide bonds. The summed E-state index contributed by atoms with van der Waals surface area (Å²) in [7, 11) is 0. The van der Waals surface area contributed by atoms with Crippen LogP contribution in [0.3, 0.4) is 0 Å². The summed E-state index contributed by atoms with van der Waals surface area (Å²) >= 11 is 1.23. The van der Waals surface area contributed by atoms with Crippen LogP contribution in [0.15, 0.2) is 40.4 Å². The lowest BCUT2D eigenvalue weighted by molar-refractivity contribution is 0.618. The topological polar surface area (TPSA) is 71.8 Å². The van der Waals surface area contributed by atoms with Gasteiger partial charge in [0.1, 0.15) is 5.82 Å². The molecule has 0 unspecified atom stereocenters. The molecule has 0 radical (unpaired) electrons. The van der Waals surface area contributed by atoms with Crippen LogP contribution in [0, 0.1) is 5.82 Å². The van der Waals surface area contributed by atoms with E-state index in [9.17, 15) is 9.18 Å². The lowest BCUT2D eigenvalue weighted by Gasteiger charge is -2.05. The molecule has 0 saturated carbocycles. The smallest absolute Gasteiger partial charge is 0.251 e. The van der Waals surface area contributed by atoms with Gasteiger partial charge in [-0.1, -0.05) is 17.8 Å². The molecule has 4 nitrogen and oxygen atoms in total. The van der Waals surface area contributed by atoms with Gasteiger partial charge in [0.05, 0.1) is 0 Å². The van der Waals surface area contributed by atoms with Crippen molar-refractivity contribution in [3.63, 3.8) is 0 Å². The first kappa shape index (κ1) is 11.7. The molecule has 0 saturated heterocycles. The number of benzene rings is 1. The number of thioether (sulfide) groups is 1. The fourth-order valence-electron chi connectivity index (χ4n) is 1.29. The molecular formula is C11H10FN3OS. The third-order valence-electron chi connectivity index (χ3n) is 2.16. The number of halogens is 1. The standard InChI is InChI=1S/C11H10FN3OS/c12-8-2-1-3-9(13)7(8)6-17-11-14-5-4-10(16)15-11/h1-5H,6,13H2,(H,14,15,16). The van der Waals surface area contributed by atoms with E-state index in [-0.39, 0.29) is 11.4 Å². The Labute approximate surface area is 101 Å². The van der Waals surface area contributed by atoms with Gasteiger partial charge in [0.15, 0.2) is 5.16 Å². The van der Waals surface area contributed by atoms with Gasteiger partial charge in [-0.05, 0) is 12.1 Å². The highest BCUT2D eigenvalue weighted by atomic mass is 32.2. The summed E-state index contributed by atoms with van der Waals surface area (Å²) in [5.74, 6) is -0.0263. The van der Waals surface area contributed by atoms with Crippen molar-refractivity contribution in [2.75, 3.05) is 5.73 Å². The molecule has 0 aliphatic heterocycles. The molecule has 1 aromatic carbocycles. The van der Waals surface area contributed by atoms with Gasteiger partial charge in [-0.15, -0.1) is 0 Å². The number of rotatable bonds is 3. The molecule has 88 valence electrons. The average molecular weight is 251 g/mol. The average Bonchev–Trinajstić information content (AvgIpc) is 2.28. The van der Waals surface area contributed by atoms with E-state index in [4.69, 9.17) is 5.73 Å². The summed E-state index contributed by atoms with van der Waals surface area (Å²) in [6.45, 7) is 0. The Morgan fingerprint density at radius 1 is 1.41 bits per heavy atom. The number of nitrogens with zero attached hydrogens (tertiary/aromatic N) is 1. The molecule has 6 heteroatoms. The highest BCUT2D eigenvalue weighted by molar-refractivity contribution is 7.98. The number of hydrogen-bond donors (Lipinski definition) is 2. The molecule has 0 bridgehead atoms. The molecule has 2 rings (SSSR count). The maximum atomic E-state index is 13.4. The summed E-state index contributed by atoms with van der Waals surface area (Å²) in [5, 5.41) is 0.445. The van der Waals surface area contributed by atoms with E-state index in [0.717, 1.165) is 0 Å². The first-order valence-corrected chi connectivity index (χ1v) is 5.86. The van der Waals surface area contributed by atoms with Gasteiger partial charge in [-0.25, -0.2) is 9.37 Å². The lowest BCUT2D eigenvalue weighted by atomic mass is 10.2. The summed E-state index contributed by atoms with van der Waals surface area (Å²) in [6.07, 6.45) is 1.41. The maximum absolute atomic E-state index is 13.4. The predicted octanol–water partition coefficient (Wildman–Crippen LogP) is 1.78. The Morgan fingerprint density at radius 3 is 2.94 bits per heavy atom. The number of anilines is 1. The van der Waals surface area contributed by atoms with Crippen molar-refractivity contribution in [3.8, 4) is 0 Å². The maximum Gasteiger partial charge on any atom is 0.251 e. The van der Waals surface area contributed by atoms with Gasteiger partial charge in [-0.3, -0.25) is 4.79 Å². The third-order valence-corrected chi connectivity index (χ3v) is 3.07. The Kier molecular flexibility index (Phi) is 3.43. The van der Waals surface area contributed by atoms with Crippen LogP contribution >= 0.6 is 11.8 Å². The highest BCUT2D eigenvalue weighted by Crippen LogP contribution is 2.24. The van der Waals surface area contributed by atoms with Gasteiger partial charge in [0, 0.05) is 29.3 Å². The Balaban J connectivity index is 2.15. The summed E-state index contributed by atoms with van der Waals surface area (Å²) in [6, 6.07) is 5.87. The summed E-state index contributed by atoms with van der Waals surface area (Å²) < 4.78 is 13.4. The van der Waals surface area contributed by atoms with Crippen LogP contribution < -0.4 is 11.3 Å². The second kappa shape index (κ2) is 5.01. The summed E-state index contributed by atoms with van der Waals surface area (Å²) in [4.78, 5) is 17.5. The zero-order chi connectivity index (χ0) is 12.3. The van der Waals surface area contributed by atoms with E-state index in [1.165, 1.54) is 30.1 Å². The van der Waals surface area contributed by atoms with Crippen molar-refractivity contribution >= 4 is 17.4 Å². The number of nitrogens with one attached hydrogen (secondary N) is 1. The molecule has 0 atom stereocenters. The van der Waals surface area contributed by atoms with E-state index < -0.39 is 0 Å². The van der Waals surface area contributed by atoms with E-state index >= 15 is 0 Å². The van der Waals surface area contributed by atoms with E-state index in [2.05, 4.69) is 9.97 Å². The minimum atomic E-state index is -0.351. The van der Waals surface area contributed by atoms with E-state index in [1.54, 1.807) is 12.1 Å². The Morgan fingerprint density at radius 2 is 2.24 bits per heavy atom. The van der Waals surface area contributed by atoms with Crippen LogP contribution in [0.1, 0.15) is 5.56 Å². The molecule has 0 aliphatic carbocycles. The van der Waals surface area contributed by atoms with Gasteiger partial charge in [0.2, 0.25) is 0 Å². The Bertz CT molecular complexity index is 565. The lowest BCUT2D eigenvalue weighted by Crippen LogP contribution is -2.05. The van der Waals surface area contributed by atoms with Crippen molar-refractivity contribution in [1.29, 1.82) is 0 Å². The number of H-pyrrole nitrogens is 1. The highest BCUT2D eigenvalue weighted by Gasteiger charge is 2.07. The van der Waals surface area contributed by atoms with Gasteiger partial charge in [-0.2, -0.15) is 0 Å². The molecule has 17 heavy (non-hydrogen) atoms. The van der Waals surface area contributed by atoms with Crippen molar-refractivity contribution in [3.05, 3.63) is 52.2 Å². The minimum absolute atomic E-state index is 0.232. The van der Waals surface area contributed by atoms with E-state index in [0.29, 0.717) is 22.2 Å². The van der Waals surface area contributed by atoms with Crippen molar-refractivity contribution in [1.82, 2.24) is 9.97 Å². The predicted molar refractivity (Wildman–Crippen MR) is 65.2 cm³/mol. The second-order valence-electron chi connectivity index (χ2n) is 3.34. The SMILES string of the molecule is Nc1cccc(F)c1CSc1nccc(=O)[nH]1. The van der Waals surface area contributed by atoms with Crippen molar-refractivity contribution < 1.29 is 4.39 Å². The molecule has 1 aromatic heterocycles. The van der Waals surface area contributed by atoms with Gasteiger partial charge >= 0.3 is 0 Å². The van der Waals surface area contributed by atoms with Crippen LogP contribution in [0.2, 0.25) is 0 Å². The van der Waals surface area contributed by atoms with Crippen molar-refractivity contribution in [2.45, 2.75) is 10.9 Å². The number of aromatic nitrogens is 2. The Hall–Kier alpha value is -1.82. The van der Waals surface area contributed by atoms with E-state index in [1.807, 2.05) is 0 Å². The van der Waals surface area contributed by atoms with Crippen LogP contribution in [-0.4, -0.2) is 9.97 Å². The monoisotopic (exact) mass is 251 g/mol. The molecular weight excluding hydrogens is 241 g/mol. The van der Waals surface area contributed by atoms with Crippen LogP contribution in [0.25, 0.3) is 0 Å². The quantitative estimate of drug-likeness (QED) is 0.495. The molecule has 0 fully saturated rings. The van der Waals surface area contributed by atoms with Gasteiger partial charge < -0.3 is 10.7 Å². The molecule has 1 heterocycles. The largest absolute Gasteiger partial charge is 0.398 e. The molecule has 3 N–H and O–H groups in total. The van der Waals surface area contributed by atoms with Crippen LogP contribution in [-0.2, 0) is 5.75 Å². The van der Waals surface area contributed by atoms with Crippen molar-refractivity contribution in [2.24, 2.45) is 0 Å². The number of nitrogen functional groups attached to an aromatic ring is 1. The fraction of sp³-hybridized carbons (Fsp3) is 0.0909. The fourth-order valence-corrected chi connectivity index (χ4v) is 2.19. The van der Waals surface area contributed by atoms with Crippen LogP contribution in [0.4, 0.5) is 10.1 Å². The number of nitrogens with two attached hydrogens (primary N) is 1. The molecule has 0 aliphatic rings. The molecule has 2 aromatic rings. The van der Waals surface area contributed by atoms with Gasteiger partial charge in [0.25, 0.3) is 5.56 Å². The normalized spacial score (nSPS) is 10.4. The summed E-state index contributed by atoms with van der Waals surface area (Å²) in [5.41, 5.74) is 6.26. The van der Waals surface area contributed by atoms with Crippen LogP contribution in [0.5, 0.6) is 0 Å². The zero-order valence-electron chi connectivity index (χ0n) is 8.81. The minimum Gasteiger partial charge on any atom is -0.398 e. The third kappa shape index (κ3) is 2.85. The first-order valence-electron chi connectivity index (χ1n) is 4.88. The second-order valence-corrected chi connectivity index (χ2v) is 4.30. The zero-order valence-corrected chi connectivity index (χ0v) is 9.63. The number of aromatic amines is 1. The first-order chi connectivity index (χ1) is 8.16.